The maximum atomic E-state index is 14.3. The number of rotatable bonds is 3. The van der Waals surface area contributed by atoms with Crippen molar-refractivity contribution in [3.63, 3.8) is 0 Å². The average Bonchev–Trinajstić information content (AvgIpc) is 2.99. The van der Waals surface area contributed by atoms with Crippen molar-refractivity contribution in [3.05, 3.63) is 30.0 Å². The minimum atomic E-state index is -1.43. The molecule has 0 radical (unpaired) electrons. The molecule has 21 heavy (non-hydrogen) atoms. The van der Waals surface area contributed by atoms with Crippen LogP contribution in [0.5, 0.6) is 0 Å². The summed E-state index contributed by atoms with van der Waals surface area (Å²) in [6.07, 6.45) is 0.0938. The Morgan fingerprint density at radius 3 is 2.76 bits per heavy atom. The fraction of sp³-hybridized carbons (Fsp3) is 0.385. The van der Waals surface area contributed by atoms with Gasteiger partial charge in [-0.25, -0.2) is 14.4 Å². The molecule has 3 rings (SSSR count). The Bertz CT molecular complexity index is 715. The SMILES string of the molecule is CNc1ncnc2c1ccn2[C@@H]1C(F)=C(CO)[C@@H](O)[C@H]1O. The second kappa shape index (κ2) is 5.06. The van der Waals surface area contributed by atoms with Crippen molar-refractivity contribution in [2.24, 2.45) is 0 Å². The summed E-state index contributed by atoms with van der Waals surface area (Å²) >= 11 is 0. The van der Waals surface area contributed by atoms with E-state index in [1.54, 1.807) is 19.3 Å². The molecule has 3 atom stereocenters. The Morgan fingerprint density at radius 2 is 2.14 bits per heavy atom. The molecule has 0 aromatic carbocycles. The smallest absolute Gasteiger partial charge is 0.146 e. The number of aliphatic hydroxyl groups excluding tert-OH is 3. The van der Waals surface area contributed by atoms with Gasteiger partial charge in [0.2, 0.25) is 0 Å². The molecule has 0 fully saturated rings. The van der Waals surface area contributed by atoms with Gasteiger partial charge in [-0.3, -0.25) is 0 Å². The van der Waals surface area contributed by atoms with E-state index in [-0.39, 0.29) is 5.57 Å². The zero-order chi connectivity index (χ0) is 15.1. The molecule has 1 aliphatic carbocycles. The van der Waals surface area contributed by atoms with Crippen LogP contribution in [0.15, 0.2) is 30.0 Å². The molecule has 2 heterocycles. The topological polar surface area (TPSA) is 103 Å². The Balaban J connectivity index is 2.15. The van der Waals surface area contributed by atoms with Gasteiger partial charge in [0.15, 0.2) is 0 Å². The first-order chi connectivity index (χ1) is 10.1. The highest BCUT2D eigenvalue weighted by atomic mass is 19.1. The standard InChI is InChI=1S/C13H15FN4O3/c1-15-12-6-2-3-18(13(6)17-5-16-12)9-8(14)7(4-19)10(20)11(9)21/h2-3,5,9-11,19-21H,4H2,1H3,(H,15,16,17)/t9-,10-,11+/m1/s1. The summed E-state index contributed by atoms with van der Waals surface area (Å²) in [5.74, 6) is -0.154. The average molecular weight is 294 g/mol. The van der Waals surface area contributed by atoms with Gasteiger partial charge in [0.25, 0.3) is 0 Å². The minimum absolute atomic E-state index is 0.197. The molecule has 0 bridgehead atoms. The summed E-state index contributed by atoms with van der Waals surface area (Å²) in [5.41, 5.74) is 0.234. The van der Waals surface area contributed by atoms with Crippen molar-refractivity contribution in [1.82, 2.24) is 14.5 Å². The molecule has 8 heteroatoms. The zero-order valence-corrected chi connectivity index (χ0v) is 11.2. The number of nitrogens with zero attached hydrogens (tertiary/aromatic N) is 3. The first-order valence-corrected chi connectivity index (χ1v) is 6.44. The predicted molar refractivity (Wildman–Crippen MR) is 73.3 cm³/mol. The number of fused-ring (bicyclic) bond motifs is 1. The van der Waals surface area contributed by atoms with E-state index in [2.05, 4.69) is 15.3 Å². The molecular weight excluding hydrogens is 279 g/mol. The van der Waals surface area contributed by atoms with Gasteiger partial charge in [0, 0.05) is 18.8 Å². The second-order valence-corrected chi connectivity index (χ2v) is 4.84. The summed E-state index contributed by atoms with van der Waals surface area (Å²) < 4.78 is 15.8. The van der Waals surface area contributed by atoms with Crippen LogP contribution in [0.1, 0.15) is 6.04 Å². The maximum Gasteiger partial charge on any atom is 0.146 e. The van der Waals surface area contributed by atoms with Crippen molar-refractivity contribution in [2.45, 2.75) is 18.2 Å². The van der Waals surface area contributed by atoms with E-state index in [0.29, 0.717) is 16.9 Å². The zero-order valence-electron chi connectivity index (χ0n) is 11.2. The fourth-order valence-corrected chi connectivity index (χ4v) is 2.71. The Morgan fingerprint density at radius 1 is 1.38 bits per heavy atom. The summed E-state index contributed by atoms with van der Waals surface area (Å²) in [6, 6.07) is 0.587. The van der Waals surface area contributed by atoms with Crippen LogP contribution in [-0.4, -0.2) is 55.7 Å². The molecule has 112 valence electrons. The van der Waals surface area contributed by atoms with Crippen LogP contribution >= 0.6 is 0 Å². The summed E-state index contributed by atoms with van der Waals surface area (Å²) in [5, 5.41) is 32.6. The lowest BCUT2D eigenvalue weighted by Crippen LogP contribution is -2.30. The molecule has 7 nitrogen and oxygen atoms in total. The van der Waals surface area contributed by atoms with Crippen LogP contribution in [0.25, 0.3) is 11.0 Å². The van der Waals surface area contributed by atoms with Crippen LogP contribution in [0.3, 0.4) is 0 Å². The van der Waals surface area contributed by atoms with Crippen LogP contribution in [-0.2, 0) is 0 Å². The number of anilines is 1. The lowest BCUT2D eigenvalue weighted by molar-refractivity contribution is 0.0263. The molecule has 0 saturated heterocycles. The number of hydrogen-bond acceptors (Lipinski definition) is 6. The Hall–Kier alpha value is -2.03. The highest BCUT2D eigenvalue weighted by Gasteiger charge is 2.43. The van der Waals surface area contributed by atoms with E-state index in [4.69, 9.17) is 5.11 Å². The van der Waals surface area contributed by atoms with Crippen LogP contribution < -0.4 is 5.32 Å². The van der Waals surface area contributed by atoms with E-state index in [9.17, 15) is 14.6 Å². The van der Waals surface area contributed by atoms with Crippen molar-refractivity contribution in [3.8, 4) is 0 Å². The summed E-state index contributed by atoms with van der Waals surface area (Å²) in [4.78, 5) is 8.16. The van der Waals surface area contributed by atoms with Crippen LogP contribution in [0.4, 0.5) is 10.2 Å². The second-order valence-electron chi connectivity index (χ2n) is 4.84. The van der Waals surface area contributed by atoms with Gasteiger partial charge in [0.05, 0.1) is 12.0 Å². The first kappa shape index (κ1) is 13.9. The Labute approximate surface area is 119 Å². The number of aromatic nitrogens is 3. The molecule has 0 spiro atoms. The molecule has 4 N–H and O–H groups in total. The number of aliphatic hydroxyl groups is 3. The van der Waals surface area contributed by atoms with Crippen LogP contribution in [0, 0.1) is 0 Å². The maximum absolute atomic E-state index is 14.3. The van der Waals surface area contributed by atoms with Gasteiger partial charge in [-0.15, -0.1) is 0 Å². The molecule has 0 unspecified atom stereocenters. The molecule has 0 aliphatic heterocycles. The van der Waals surface area contributed by atoms with E-state index >= 15 is 0 Å². The summed E-state index contributed by atoms with van der Waals surface area (Å²) in [7, 11) is 1.71. The highest BCUT2D eigenvalue weighted by Crippen LogP contribution is 2.39. The van der Waals surface area contributed by atoms with Gasteiger partial charge in [-0.05, 0) is 6.07 Å². The van der Waals surface area contributed by atoms with Crippen molar-refractivity contribution >= 4 is 16.9 Å². The first-order valence-electron chi connectivity index (χ1n) is 6.44. The third-order valence-electron chi connectivity index (χ3n) is 3.79. The molecule has 2 aromatic rings. The van der Waals surface area contributed by atoms with Gasteiger partial charge < -0.3 is 25.2 Å². The van der Waals surface area contributed by atoms with Crippen molar-refractivity contribution in [1.29, 1.82) is 0 Å². The minimum Gasteiger partial charge on any atom is -0.392 e. The lowest BCUT2D eigenvalue weighted by Gasteiger charge is -2.19. The van der Waals surface area contributed by atoms with Crippen molar-refractivity contribution < 1.29 is 19.7 Å². The summed E-state index contributed by atoms with van der Waals surface area (Å²) in [6.45, 7) is -0.642. The largest absolute Gasteiger partial charge is 0.392 e. The highest BCUT2D eigenvalue weighted by molar-refractivity contribution is 5.87. The third kappa shape index (κ3) is 1.91. The van der Waals surface area contributed by atoms with Crippen LogP contribution in [0.2, 0.25) is 0 Å². The van der Waals surface area contributed by atoms with Gasteiger partial charge in [-0.1, -0.05) is 0 Å². The van der Waals surface area contributed by atoms with E-state index in [1.807, 2.05) is 0 Å². The number of halogens is 1. The fourth-order valence-electron chi connectivity index (χ4n) is 2.71. The van der Waals surface area contributed by atoms with E-state index in [1.165, 1.54) is 10.9 Å². The number of hydrogen-bond donors (Lipinski definition) is 4. The monoisotopic (exact) mass is 294 g/mol. The number of nitrogens with one attached hydrogen (secondary N) is 1. The third-order valence-corrected chi connectivity index (χ3v) is 3.79. The lowest BCUT2D eigenvalue weighted by atomic mass is 10.1. The van der Waals surface area contributed by atoms with Crippen molar-refractivity contribution in [2.75, 3.05) is 19.0 Å². The molecule has 0 saturated carbocycles. The molecule has 2 aromatic heterocycles. The molecular formula is C13H15FN4O3. The quantitative estimate of drug-likeness (QED) is 0.633. The Kier molecular flexibility index (Phi) is 3.36. The normalized spacial score (nSPS) is 25.9. The molecule has 1 aliphatic rings. The molecule has 0 amide bonds. The van der Waals surface area contributed by atoms with E-state index < -0.39 is 30.7 Å². The van der Waals surface area contributed by atoms with E-state index in [0.717, 1.165) is 0 Å². The van der Waals surface area contributed by atoms with Gasteiger partial charge >= 0.3 is 0 Å². The van der Waals surface area contributed by atoms with Gasteiger partial charge in [0.1, 0.15) is 41.9 Å². The predicted octanol–water partition coefficient (Wildman–Crippen LogP) is -0.0346. The van der Waals surface area contributed by atoms with Gasteiger partial charge in [-0.2, -0.15) is 0 Å².